The number of aromatic nitrogens is 2. The second kappa shape index (κ2) is 8.88. The van der Waals surface area contributed by atoms with Crippen molar-refractivity contribution in [3.8, 4) is 10.4 Å². The van der Waals surface area contributed by atoms with Gasteiger partial charge in [0.1, 0.15) is 11.4 Å². The molecule has 0 fully saturated rings. The first-order chi connectivity index (χ1) is 15.3. The van der Waals surface area contributed by atoms with Crippen molar-refractivity contribution >= 4 is 33.7 Å². The van der Waals surface area contributed by atoms with Crippen LogP contribution >= 0.6 is 11.3 Å². The molecule has 0 spiro atoms. The summed E-state index contributed by atoms with van der Waals surface area (Å²) in [5, 5.41) is 4.51. The van der Waals surface area contributed by atoms with Crippen LogP contribution in [0.3, 0.4) is 0 Å². The van der Waals surface area contributed by atoms with Crippen molar-refractivity contribution in [1.29, 1.82) is 0 Å². The van der Waals surface area contributed by atoms with Gasteiger partial charge >= 0.3 is 0 Å². The van der Waals surface area contributed by atoms with Gasteiger partial charge in [0.25, 0.3) is 11.5 Å². The minimum atomic E-state index is -0.394. The van der Waals surface area contributed by atoms with E-state index in [1.165, 1.54) is 27.8 Å². The normalized spacial score (nSPS) is 11.8. The third kappa shape index (κ3) is 4.84. The minimum Gasteiger partial charge on any atom is -0.289 e. The molecule has 0 unspecified atom stereocenters. The van der Waals surface area contributed by atoms with Crippen LogP contribution in [0.25, 0.3) is 20.7 Å². The molecule has 162 valence electrons. The lowest BCUT2D eigenvalue weighted by Crippen LogP contribution is -2.29. The number of hydrazone groups is 1. The van der Waals surface area contributed by atoms with E-state index in [4.69, 9.17) is 0 Å². The monoisotopic (exact) mass is 444 g/mol. The molecule has 0 bridgehead atoms. The van der Waals surface area contributed by atoms with Gasteiger partial charge in [0.15, 0.2) is 0 Å². The highest BCUT2D eigenvalue weighted by molar-refractivity contribution is 7.21. The third-order valence-electron chi connectivity index (χ3n) is 5.07. The predicted molar refractivity (Wildman–Crippen MR) is 130 cm³/mol. The maximum atomic E-state index is 12.8. The number of hydrogen-bond donors (Lipinski definition) is 1. The average molecular weight is 445 g/mol. The van der Waals surface area contributed by atoms with Crippen LogP contribution in [-0.2, 0) is 16.8 Å². The lowest BCUT2D eigenvalue weighted by atomic mass is 9.87. The van der Waals surface area contributed by atoms with Crippen LogP contribution in [0.5, 0.6) is 0 Å². The van der Waals surface area contributed by atoms with Gasteiger partial charge < -0.3 is 0 Å². The second-order valence-corrected chi connectivity index (χ2v) is 9.57. The molecule has 32 heavy (non-hydrogen) atoms. The van der Waals surface area contributed by atoms with E-state index in [2.05, 4.69) is 36.3 Å². The zero-order chi connectivity index (χ0) is 22.7. The molecule has 2 aromatic carbocycles. The summed E-state index contributed by atoms with van der Waals surface area (Å²) in [5.41, 5.74) is 5.45. The van der Waals surface area contributed by atoms with Crippen molar-refractivity contribution in [2.24, 2.45) is 5.10 Å². The zero-order valence-corrected chi connectivity index (χ0v) is 19.0. The minimum absolute atomic E-state index is 0.0800. The van der Waals surface area contributed by atoms with Crippen molar-refractivity contribution in [3.63, 3.8) is 0 Å². The Hall–Kier alpha value is -3.58. The summed E-state index contributed by atoms with van der Waals surface area (Å²) in [6.45, 7) is 6.31. The van der Waals surface area contributed by atoms with Gasteiger partial charge in [-0.25, -0.2) is 10.4 Å². The Bertz CT molecular complexity index is 1330. The second-order valence-electron chi connectivity index (χ2n) is 8.54. The predicted octanol–water partition coefficient (Wildman–Crippen LogP) is 4.57. The summed E-state index contributed by atoms with van der Waals surface area (Å²) in [6.07, 6.45) is 2.99. The molecule has 0 saturated carbocycles. The molecule has 7 heteroatoms. The van der Waals surface area contributed by atoms with Crippen molar-refractivity contribution < 1.29 is 4.79 Å². The van der Waals surface area contributed by atoms with Crippen LogP contribution in [-0.4, -0.2) is 21.7 Å². The number of nitrogens with zero attached hydrogens (tertiary/aromatic N) is 3. The number of nitrogens with one attached hydrogen (secondary N) is 1. The van der Waals surface area contributed by atoms with Crippen LogP contribution in [0.1, 0.15) is 31.9 Å². The van der Waals surface area contributed by atoms with E-state index in [0.29, 0.717) is 10.2 Å². The van der Waals surface area contributed by atoms with Gasteiger partial charge in [-0.3, -0.25) is 14.2 Å². The van der Waals surface area contributed by atoms with Crippen LogP contribution in [0, 0.1) is 0 Å². The molecule has 4 aromatic rings. The fraction of sp³-hybridized carbons (Fsp3) is 0.200. The van der Waals surface area contributed by atoms with Crippen molar-refractivity contribution in [1.82, 2.24) is 15.0 Å². The van der Waals surface area contributed by atoms with Gasteiger partial charge in [-0.15, -0.1) is 11.3 Å². The molecule has 1 N–H and O–H groups in total. The molecular formula is C25H24N4O2S. The van der Waals surface area contributed by atoms with Crippen LogP contribution in [0.15, 0.2) is 76.9 Å². The Labute approximate surface area is 190 Å². The quantitative estimate of drug-likeness (QED) is 0.362. The van der Waals surface area contributed by atoms with Crippen molar-refractivity contribution in [2.45, 2.75) is 32.7 Å². The summed E-state index contributed by atoms with van der Waals surface area (Å²) in [4.78, 5) is 31.1. The first-order valence-corrected chi connectivity index (χ1v) is 11.1. The Morgan fingerprint density at radius 1 is 1.12 bits per heavy atom. The smallest absolute Gasteiger partial charge is 0.262 e. The zero-order valence-electron chi connectivity index (χ0n) is 18.2. The molecule has 1 amide bonds. The number of benzene rings is 2. The van der Waals surface area contributed by atoms with Gasteiger partial charge in [-0.1, -0.05) is 75.4 Å². The molecule has 0 radical (unpaired) electrons. The van der Waals surface area contributed by atoms with Crippen molar-refractivity contribution in [3.05, 3.63) is 88.5 Å². The molecule has 4 rings (SSSR count). The van der Waals surface area contributed by atoms with E-state index in [-0.39, 0.29) is 17.5 Å². The summed E-state index contributed by atoms with van der Waals surface area (Å²) in [7, 11) is 0. The van der Waals surface area contributed by atoms with Gasteiger partial charge in [0.05, 0.1) is 17.9 Å². The Kier molecular flexibility index (Phi) is 6.01. The van der Waals surface area contributed by atoms with E-state index in [1.807, 2.05) is 60.7 Å². The number of fused-ring (bicyclic) bond motifs is 1. The molecule has 2 heterocycles. The van der Waals surface area contributed by atoms with Gasteiger partial charge in [-0.2, -0.15) is 5.10 Å². The SMILES string of the molecule is CC(C)(C)c1ccc(/C=N/NC(=O)Cn2cnc3sc(-c4ccccc4)cc3c2=O)cc1. The van der Waals surface area contributed by atoms with E-state index in [0.717, 1.165) is 16.0 Å². The maximum Gasteiger partial charge on any atom is 0.262 e. The highest BCUT2D eigenvalue weighted by Crippen LogP contribution is 2.30. The van der Waals surface area contributed by atoms with E-state index in [9.17, 15) is 9.59 Å². The molecule has 6 nitrogen and oxygen atoms in total. The molecule has 2 aromatic heterocycles. The number of amides is 1. The molecule has 0 atom stereocenters. The number of carbonyl (C=O) groups is 1. The molecule has 0 aliphatic heterocycles. The first kappa shape index (κ1) is 21.6. The highest BCUT2D eigenvalue weighted by Gasteiger charge is 2.13. The Morgan fingerprint density at radius 3 is 2.53 bits per heavy atom. The lowest BCUT2D eigenvalue weighted by molar-refractivity contribution is -0.121. The summed E-state index contributed by atoms with van der Waals surface area (Å²) in [5.74, 6) is -0.394. The summed E-state index contributed by atoms with van der Waals surface area (Å²) < 4.78 is 1.30. The number of hydrogen-bond acceptors (Lipinski definition) is 5. The van der Waals surface area contributed by atoms with Crippen molar-refractivity contribution in [2.75, 3.05) is 0 Å². The topological polar surface area (TPSA) is 76.3 Å². The van der Waals surface area contributed by atoms with Gasteiger partial charge in [-0.05, 0) is 28.2 Å². The van der Waals surface area contributed by atoms with Gasteiger partial charge in [0.2, 0.25) is 0 Å². The Morgan fingerprint density at radius 2 is 1.84 bits per heavy atom. The van der Waals surface area contributed by atoms with E-state index in [1.54, 1.807) is 6.21 Å². The molecular weight excluding hydrogens is 420 g/mol. The van der Waals surface area contributed by atoms with Crippen LogP contribution in [0.2, 0.25) is 0 Å². The fourth-order valence-electron chi connectivity index (χ4n) is 3.26. The number of rotatable bonds is 5. The maximum absolute atomic E-state index is 12.8. The largest absolute Gasteiger partial charge is 0.289 e. The van der Waals surface area contributed by atoms with E-state index < -0.39 is 5.91 Å². The molecule has 0 saturated heterocycles. The molecule has 0 aliphatic rings. The average Bonchev–Trinajstić information content (AvgIpc) is 3.21. The van der Waals surface area contributed by atoms with Gasteiger partial charge in [0, 0.05) is 4.88 Å². The fourth-order valence-corrected chi connectivity index (χ4v) is 4.25. The Balaban J connectivity index is 1.44. The van der Waals surface area contributed by atoms with Crippen LogP contribution < -0.4 is 11.0 Å². The lowest BCUT2D eigenvalue weighted by Gasteiger charge is -2.18. The molecule has 0 aliphatic carbocycles. The number of thiophene rings is 1. The first-order valence-electron chi connectivity index (χ1n) is 10.3. The third-order valence-corrected chi connectivity index (χ3v) is 6.16. The summed E-state index contributed by atoms with van der Waals surface area (Å²) >= 11 is 1.46. The number of carbonyl (C=O) groups excluding carboxylic acids is 1. The summed E-state index contributed by atoms with van der Waals surface area (Å²) in [6, 6.07) is 19.7. The van der Waals surface area contributed by atoms with E-state index >= 15 is 0 Å². The highest BCUT2D eigenvalue weighted by atomic mass is 32.1. The van der Waals surface area contributed by atoms with Crippen LogP contribution in [0.4, 0.5) is 0 Å². The standard InChI is InChI=1S/C25H24N4O2S/c1-25(2,3)19-11-9-17(10-12-19)14-27-28-22(30)15-29-16-26-23-20(24(29)31)13-21(32-23)18-7-5-4-6-8-18/h4-14,16H,15H2,1-3H3,(H,28,30)/b27-14+.